The topological polar surface area (TPSA) is 83.6 Å². The molecule has 1 unspecified atom stereocenters. The number of carboxylic acids is 1. The summed E-state index contributed by atoms with van der Waals surface area (Å²) in [6.45, 7) is 1.38. The number of carboxylic acid groups (broad SMARTS) is 1. The van der Waals surface area contributed by atoms with Gasteiger partial charge >= 0.3 is 5.97 Å². The van der Waals surface area contributed by atoms with Crippen molar-refractivity contribution in [3.63, 3.8) is 0 Å². The zero-order valence-electron chi connectivity index (χ0n) is 8.49. The van der Waals surface area contributed by atoms with Gasteiger partial charge in [0, 0.05) is 7.05 Å². The summed E-state index contributed by atoms with van der Waals surface area (Å²) in [5.74, 6) is -1.10. The van der Waals surface area contributed by atoms with Crippen LogP contribution in [-0.2, 0) is 9.59 Å². The maximum absolute atomic E-state index is 11.7. The molecule has 0 heterocycles. The molecule has 5 heteroatoms. The van der Waals surface area contributed by atoms with Gasteiger partial charge in [0.05, 0.1) is 5.54 Å². The molecule has 0 spiro atoms. The minimum absolute atomic E-state index is 0.214. The maximum Gasteiger partial charge on any atom is 0.323 e. The molecule has 3 N–H and O–H groups in total. The second kappa shape index (κ2) is 3.57. The number of amides is 1. The van der Waals surface area contributed by atoms with Crippen molar-refractivity contribution in [1.82, 2.24) is 4.90 Å². The Labute approximate surface area is 82.9 Å². The van der Waals surface area contributed by atoms with Gasteiger partial charge in [0.25, 0.3) is 0 Å². The second-order valence-electron chi connectivity index (χ2n) is 4.11. The minimum Gasteiger partial charge on any atom is -0.480 e. The predicted octanol–water partition coefficient (Wildman–Crippen LogP) is -0.343. The fraction of sp³-hybridized carbons (Fsp3) is 0.778. The van der Waals surface area contributed by atoms with E-state index >= 15 is 0 Å². The molecule has 0 aromatic heterocycles. The van der Waals surface area contributed by atoms with Gasteiger partial charge in [-0.25, -0.2) is 0 Å². The Hall–Kier alpha value is -1.10. The second-order valence-corrected chi connectivity index (χ2v) is 4.11. The van der Waals surface area contributed by atoms with Gasteiger partial charge in [0.1, 0.15) is 6.54 Å². The van der Waals surface area contributed by atoms with Gasteiger partial charge < -0.3 is 15.7 Å². The van der Waals surface area contributed by atoms with Crippen LogP contribution >= 0.6 is 0 Å². The molecule has 0 aromatic rings. The highest BCUT2D eigenvalue weighted by atomic mass is 16.4. The molecule has 1 aliphatic carbocycles. The average Bonchev–Trinajstić information content (AvgIpc) is 2.83. The van der Waals surface area contributed by atoms with Gasteiger partial charge in [-0.15, -0.1) is 0 Å². The Balaban J connectivity index is 2.58. The summed E-state index contributed by atoms with van der Waals surface area (Å²) < 4.78 is 0. The van der Waals surface area contributed by atoms with Gasteiger partial charge in [-0.3, -0.25) is 9.59 Å². The van der Waals surface area contributed by atoms with Gasteiger partial charge in [0.2, 0.25) is 5.91 Å². The van der Waals surface area contributed by atoms with Crippen LogP contribution in [0.4, 0.5) is 0 Å². The van der Waals surface area contributed by atoms with Gasteiger partial charge in [-0.1, -0.05) is 0 Å². The molecular weight excluding hydrogens is 184 g/mol. The third-order valence-corrected chi connectivity index (χ3v) is 2.61. The standard InChI is InChI=1S/C9H16N2O3/c1-9(10,6-3-4-6)8(14)11(2)5-7(12)13/h6H,3-5,10H2,1-2H3,(H,12,13). The van der Waals surface area contributed by atoms with Crippen LogP contribution in [0.5, 0.6) is 0 Å². The number of nitrogens with zero attached hydrogens (tertiary/aromatic N) is 1. The first-order chi connectivity index (χ1) is 6.35. The quantitative estimate of drug-likeness (QED) is 0.650. The Morgan fingerprint density at radius 3 is 2.43 bits per heavy atom. The van der Waals surface area contributed by atoms with Crippen molar-refractivity contribution in [2.75, 3.05) is 13.6 Å². The molecule has 0 bridgehead atoms. The number of aliphatic carboxylic acids is 1. The smallest absolute Gasteiger partial charge is 0.323 e. The van der Waals surface area contributed by atoms with E-state index in [1.165, 1.54) is 11.9 Å². The molecule has 1 aliphatic rings. The van der Waals surface area contributed by atoms with Crippen LogP contribution < -0.4 is 5.73 Å². The number of carbonyl (C=O) groups is 2. The van der Waals surface area contributed by atoms with Gasteiger partial charge in [-0.2, -0.15) is 0 Å². The molecule has 1 fully saturated rings. The van der Waals surface area contributed by atoms with Crippen molar-refractivity contribution in [3.8, 4) is 0 Å². The summed E-state index contributed by atoms with van der Waals surface area (Å²) in [6, 6.07) is 0. The van der Waals surface area contributed by atoms with Crippen LogP contribution in [0.2, 0.25) is 0 Å². The summed E-state index contributed by atoms with van der Waals surface area (Å²) in [7, 11) is 1.46. The van der Waals surface area contributed by atoms with Gasteiger partial charge in [0.15, 0.2) is 0 Å². The summed E-state index contributed by atoms with van der Waals surface area (Å²) in [5, 5.41) is 8.52. The molecule has 0 radical (unpaired) electrons. The van der Waals surface area contributed by atoms with Crippen LogP contribution in [0, 0.1) is 5.92 Å². The lowest BCUT2D eigenvalue weighted by Crippen LogP contribution is -2.54. The molecule has 1 atom stereocenters. The number of rotatable bonds is 4. The van der Waals surface area contributed by atoms with Crippen LogP contribution in [-0.4, -0.2) is 41.0 Å². The first-order valence-corrected chi connectivity index (χ1v) is 4.62. The van der Waals surface area contributed by atoms with Crippen LogP contribution in [0.1, 0.15) is 19.8 Å². The van der Waals surface area contributed by atoms with E-state index in [9.17, 15) is 9.59 Å². The number of likely N-dealkylation sites (N-methyl/N-ethyl adjacent to an activating group) is 1. The van der Waals surface area contributed by atoms with Crippen molar-refractivity contribution in [1.29, 1.82) is 0 Å². The molecule has 1 amide bonds. The lowest BCUT2D eigenvalue weighted by Gasteiger charge is -2.28. The summed E-state index contributed by atoms with van der Waals surface area (Å²) >= 11 is 0. The largest absolute Gasteiger partial charge is 0.480 e. The Bertz CT molecular complexity index is 259. The molecule has 0 aromatic carbocycles. The Morgan fingerprint density at radius 1 is 1.57 bits per heavy atom. The van der Waals surface area contributed by atoms with Crippen LogP contribution in [0.3, 0.4) is 0 Å². The summed E-state index contributed by atoms with van der Waals surface area (Å²) in [4.78, 5) is 23.3. The van der Waals surface area contributed by atoms with Crippen molar-refractivity contribution in [3.05, 3.63) is 0 Å². The normalized spacial score (nSPS) is 19.9. The third-order valence-electron chi connectivity index (χ3n) is 2.61. The number of hydrogen-bond acceptors (Lipinski definition) is 3. The molecule has 0 saturated heterocycles. The zero-order chi connectivity index (χ0) is 10.9. The summed E-state index contributed by atoms with van der Waals surface area (Å²) in [6.07, 6.45) is 1.92. The van der Waals surface area contributed by atoms with E-state index in [1.807, 2.05) is 0 Å². The maximum atomic E-state index is 11.7. The predicted molar refractivity (Wildman–Crippen MR) is 50.6 cm³/mol. The van der Waals surface area contributed by atoms with Gasteiger partial charge in [-0.05, 0) is 25.7 Å². The molecule has 5 nitrogen and oxygen atoms in total. The van der Waals surface area contributed by atoms with Crippen molar-refractivity contribution in [2.24, 2.45) is 11.7 Å². The Morgan fingerprint density at radius 2 is 2.07 bits per heavy atom. The SMILES string of the molecule is CN(CC(=O)O)C(=O)C(C)(N)C1CC1. The van der Waals surface area contributed by atoms with E-state index < -0.39 is 11.5 Å². The molecule has 14 heavy (non-hydrogen) atoms. The molecular formula is C9H16N2O3. The van der Waals surface area contributed by atoms with E-state index in [2.05, 4.69) is 0 Å². The minimum atomic E-state index is -1.02. The average molecular weight is 200 g/mol. The van der Waals surface area contributed by atoms with Crippen molar-refractivity contribution >= 4 is 11.9 Å². The van der Waals surface area contributed by atoms with Crippen molar-refractivity contribution < 1.29 is 14.7 Å². The summed E-state index contributed by atoms with van der Waals surface area (Å²) in [5.41, 5.74) is 4.96. The highest BCUT2D eigenvalue weighted by molar-refractivity contribution is 5.88. The van der Waals surface area contributed by atoms with Crippen molar-refractivity contribution in [2.45, 2.75) is 25.3 Å². The number of hydrogen-bond donors (Lipinski definition) is 2. The van der Waals surface area contributed by atoms with E-state index in [1.54, 1.807) is 6.92 Å². The highest BCUT2D eigenvalue weighted by Crippen LogP contribution is 2.38. The zero-order valence-corrected chi connectivity index (χ0v) is 8.49. The molecule has 80 valence electrons. The van der Waals surface area contributed by atoms with E-state index in [-0.39, 0.29) is 18.4 Å². The Kier molecular flexibility index (Phi) is 2.80. The van der Waals surface area contributed by atoms with E-state index in [0.717, 1.165) is 12.8 Å². The van der Waals surface area contributed by atoms with Crippen LogP contribution in [0.15, 0.2) is 0 Å². The first-order valence-electron chi connectivity index (χ1n) is 4.62. The van der Waals surface area contributed by atoms with E-state index in [4.69, 9.17) is 10.8 Å². The highest BCUT2D eigenvalue weighted by Gasteiger charge is 2.45. The fourth-order valence-corrected chi connectivity index (χ4v) is 1.54. The monoisotopic (exact) mass is 200 g/mol. The molecule has 1 rings (SSSR count). The lowest BCUT2D eigenvalue weighted by atomic mass is 9.95. The molecule has 1 saturated carbocycles. The first kappa shape index (κ1) is 11.0. The van der Waals surface area contributed by atoms with E-state index in [0.29, 0.717) is 0 Å². The number of carbonyl (C=O) groups excluding carboxylic acids is 1. The molecule has 0 aliphatic heterocycles. The number of nitrogens with two attached hydrogens (primary N) is 1. The third kappa shape index (κ3) is 2.23. The lowest BCUT2D eigenvalue weighted by molar-refractivity contribution is -0.145. The van der Waals surface area contributed by atoms with Crippen LogP contribution in [0.25, 0.3) is 0 Å². The fourth-order valence-electron chi connectivity index (χ4n) is 1.54.